The normalized spacial score (nSPS) is 13.0. The molecule has 0 aliphatic heterocycles. The third kappa shape index (κ3) is 14.4. The average molecular weight is 426 g/mol. The molecule has 132 valence electrons. The van der Waals surface area contributed by atoms with Crippen LogP contribution in [-0.4, -0.2) is 31.0 Å². The van der Waals surface area contributed by atoms with Gasteiger partial charge in [-0.2, -0.15) is 0 Å². The highest BCUT2D eigenvalue weighted by molar-refractivity contribution is 14.0. The summed E-state index contributed by atoms with van der Waals surface area (Å²) in [5.41, 5.74) is 5.85. The number of nitrogens with one attached hydrogen (secondary N) is 2. The number of carbonyl (C=O) groups is 1. The van der Waals surface area contributed by atoms with Gasteiger partial charge in [0.05, 0.1) is 0 Å². The molecule has 0 aliphatic rings. The van der Waals surface area contributed by atoms with E-state index in [0.717, 1.165) is 18.8 Å². The summed E-state index contributed by atoms with van der Waals surface area (Å²) < 4.78 is 0. The zero-order chi connectivity index (χ0) is 16.3. The number of rotatable bonds is 10. The molecule has 6 heteroatoms. The van der Waals surface area contributed by atoms with Crippen LogP contribution in [0.4, 0.5) is 0 Å². The van der Waals surface area contributed by atoms with Gasteiger partial charge in [0.25, 0.3) is 0 Å². The van der Waals surface area contributed by atoms with Crippen molar-refractivity contribution in [1.82, 2.24) is 10.6 Å². The number of halogens is 1. The highest BCUT2D eigenvalue weighted by atomic mass is 127. The first-order valence-corrected chi connectivity index (χ1v) is 8.17. The van der Waals surface area contributed by atoms with Crippen LogP contribution >= 0.6 is 24.0 Å². The second kappa shape index (κ2) is 14.1. The van der Waals surface area contributed by atoms with Crippen molar-refractivity contribution in [3.05, 3.63) is 0 Å². The van der Waals surface area contributed by atoms with Gasteiger partial charge in [0.15, 0.2) is 5.96 Å². The lowest BCUT2D eigenvalue weighted by atomic mass is 10.0. The quantitative estimate of drug-likeness (QED) is 0.218. The van der Waals surface area contributed by atoms with E-state index < -0.39 is 0 Å². The van der Waals surface area contributed by atoms with Gasteiger partial charge in [-0.3, -0.25) is 9.79 Å². The first-order valence-electron chi connectivity index (χ1n) is 8.17. The number of guanidine groups is 1. The third-order valence-corrected chi connectivity index (χ3v) is 3.25. The summed E-state index contributed by atoms with van der Waals surface area (Å²) in [5, 5.41) is 6.08. The molecule has 0 aliphatic carbocycles. The smallest absolute Gasteiger partial charge is 0.222 e. The molecule has 0 fully saturated rings. The van der Waals surface area contributed by atoms with Crippen molar-refractivity contribution in [2.24, 2.45) is 22.6 Å². The van der Waals surface area contributed by atoms with Crippen LogP contribution in [0, 0.1) is 11.8 Å². The van der Waals surface area contributed by atoms with Crippen molar-refractivity contribution >= 4 is 35.8 Å². The molecular formula is C16H35IN4O. The average Bonchev–Trinajstić information content (AvgIpc) is 2.37. The Labute approximate surface area is 153 Å². The molecule has 1 amide bonds. The van der Waals surface area contributed by atoms with Crippen LogP contribution in [0.3, 0.4) is 0 Å². The Balaban J connectivity index is 0. The molecule has 22 heavy (non-hydrogen) atoms. The van der Waals surface area contributed by atoms with Crippen LogP contribution in [0.1, 0.15) is 60.3 Å². The zero-order valence-corrected chi connectivity index (χ0v) is 17.1. The molecular weight excluding hydrogens is 391 g/mol. The van der Waals surface area contributed by atoms with Crippen molar-refractivity contribution in [1.29, 1.82) is 0 Å². The fourth-order valence-electron chi connectivity index (χ4n) is 1.90. The first kappa shape index (κ1) is 23.7. The number of aliphatic imine (C=N–C) groups is 1. The SMILES string of the molecule is CC(C)CCCC(C)NC(N)=NCCCNC(=O)C(C)C.I. The molecule has 1 atom stereocenters. The fraction of sp³-hybridized carbons (Fsp3) is 0.875. The summed E-state index contributed by atoms with van der Waals surface area (Å²) in [6.45, 7) is 11.7. The fourth-order valence-corrected chi connectivity index (χ4v) is 1.90. The van der Waals surface area contributed by atoms with Crippen LogP contribution in [0.2, 0.25) is 0 Å². The molecule has 0 aromatic rings. The van der Waals surface area contributed by atoms with E-state index >= 15 is 0 Å². The molecule has 0 saturated carbocycles. The van der Waals surface area contributed by atoms with Crippen LogP contribution < -0.4 is 16.4 Å². The molecule has 0 heterocycles. The Kier molecular flexibility index (Phi) is 15.2. The molecule has 0 rings (SSSR count). The molecule has 0 saturated heterocycles. The van der Waals surface area contributed by atoms with Gasteiger partial charge in [-0.15, -0.1) is 24.0 Å². The van der Waals surface area contributed by atoms with Gasteiger partial charge in [-0.1, -0.05) is 40.5 Å². The maximum atomic E-state index is 11.3. The van der Waals surface area contributed by atoms with Crippen LogP contribution in [0.5, 0.6) is 0 Å². The minimum absolute atomic E-state index is 0. The molecule has 5 nitrogen and oxygen atoms in total. The maximum Gasteiger partial charge on any atom is 0.222 e. The van der Waals surface area contributed by atoms with E-state index in [4.69, 9.17) is 5.73 Å². The van der Waals surface area contributed by atoms with E-state index in [1.54, 1.807) is 0 Å². The van der Waals surface area contributed by atoms with Gasteiger partial charge < -0.3 is 16.4 Å². The second-order valence-corrected chi connectivity index (χ2v) is 6.44. The lowest BCUT2D eigenvalue weighted by molar-refractivity contribution is -0.123. The molecule has 4 N–H and O–H groups in total. The minimum Gasteiger partial charge on any atom is -0.370 e. The number of carbonyl (C=O) groups excluding carboxylic acids is 1. The van der Waals surface area contributed by atoms with Gasteiger partial charge in [-0.25, -0.2) is 0 Å². The highest BCUT2D eigenvalue weighted by Gasteiger charge is 2.05. The molecule has 1 unspecified atom stereocenters. The van der Waals surface area contributed by atoms with Crippen molar-refractivity contribution in [2.75, 3.05) is 13.1 Å². The number of hydrogen-bond donors (Lipinski definition) is 3. The first-order chi connectivity index (χ1) is 9.82. The monoisotopic (exact) mass is 426 g/mol. The summed E-state index contributed by atoms with van der Waals surface area (Å²) in [6.07, 6.45) is 4.38. The molecule has 0 spiro atoms. The number of nitrogens with zero attached hydrogens (tertiary/aromatic N) is 1. The van der Waals surface area contributed by atoms with E-state index in [2.05, 4.69) is 36.4 Å². The lowest BCUT2D eigenvalue weighted by Gasteiger charge is -2.15. The van der Waals surface area contributed by atoms with Gasteiger partial charge in [0, 0.05) is 25.0 Å². The summed E-state index contributed by atoms with van der Waals surface area (Å²) in [5.74, 6) is 1.38. The van der Waals surface area contributed by atoms with Crippen LogP contribution in [0.25, 0.3) is 0 Å². The number of amides is 1. The van der Waals surface area contributed by atoms with Crippen molar-refractivity contribution in [3.63, 3.8) is 0 Å². The van der Waals surface area contributed by atoms with Crippen LogP contribution in [-0.2, 0) is 4.79 Å². The van der Waals surface area contributed by atoms with Gasteiger partial charge in [0.2, 0.25) is 5.91 Å². The number of hydrogen-bond acceptors (Lipinski definition) is 2. The Morgan fingerprint density at radius 2 is 1.73 bits per heavy atom. The van der Waals surface area contributed by atoms with Crippen molar-refractivity contribution < 1.29 is 4.79 Å². The van der Waals surface area contributed by atoms with E-state index in [-0.39, 0.29) is 35.8 Å². The molecule has 0 aromatic heterocycles. The minimum atomic E-state index is 0. The summed E-state index contributed by atoms with van der Waals surface area (Å²) >= 11 is 0. The van der Waals surface area contributed by atoms with E-state index in [1.807, 2.05) is 13.8 Å². The summed E-state index contributed by atoms with van der Waals surface area (Å²) in [7, 11) is 0. The Morgan fingerprint density at radius 1 is 1.09 bits per heavy atom. The third-order valence-electron chi connectivity index (χ3n) is 3.25. The predicted octanol–water partition coefficient (Wildman–Crippen LogP) is 2.89. The number of nitrogens with two attached hydrogens (primary N) is 1. The Hall–Kier alpha value is -0.530. The topological polar surface area (TPSA) is 79.5 Å². The van der Waals surface area contributed by atoms with E-state index in [9.17, 15) is 4.79 Å². The van der Waals surface area contributed by atoms with Gasteiger partial charge in [-0.05, 0) is 25.7 Å². The molecule has 0 aromatic carbocycles. The highest BCUT2D eigenvalue weighted by Crippen LogP contribution is 2.07. The van der Waals surface area contributed by atoms with E-state index in [1.165, 1.54) is 12.8 Å². The molecule has 0 bridgehead atoms. The van der Waals surface area contributed by atoms with Gasteiger partial charge >= 0.3 is 0 Å². The van der Waals surface area contributed by atoms with Crippen LogP contribution in [0.15, 0.2) is 4.99 Å². The van der Waals surface area contributed by atoms with Crippen molar-refractivity contribution in [3.8, 4) is 0 Å². The molecule has 0 radical (unpaired) electrons. The zero-order valence-electron chi connectivity index (χ0n) is 14.8. The standard InChI is InChI=1S/C16H34N4O.HI/c1-12(2)8-6-9-14(5)20-16(17)19-11-7-10-18-15(21)13(3)4;/h12-14H,6-11H2,1-5H3,(H,18,21)(H3,17,19,20);1H. The Morgan fingerprint density at radius 3 is 2.27 bits per heavy atom. The Bertz CT molecular complexity index is 319. The predicted molar refractivity (Wildman–Crippen MR) is 106 cm³/mol. The summed E-state index contributed by atoms with van der Waals surface area (Å²) in [4.78, 5) is 15.6. The van der Waals surface area contributed by atoms with Crippen molar-refractivity contribution in [2.45, 2.75) is 66.3 Å². The van der Waals surface area contributed by atoms with E-state index in [0.29, 0.717) is 25.1 Å². The lowest BCUT2D eigenvalue weighted by Crippen LogP contribution is -2.38. The maximum absolute atomic E-state index is 11.3. The van der Waals surface area contributed by atoms with Gasteiger partial charge in [0.1, 0.15) is 0 Å². The second-order valence-electron chi connectivity index (χ2n) is 6.44. The largest absolute Gasteiger partial charge is 0.370 e. The summed E-state index contributed by atoms with van der Waals surface area (Å²) in [6, 6.07) is 0.355.